The summed E-state index contributed by atoms with van der Waals surface area (Å²) in [4.78, 5) is 1.13. The number of aryl methyl sites for hydroxylation is 1. The lowest BCUT2D eigenvalue weighted by Gasteiger charge is -2.13. The molecule has 0 aliphatic rings. The van der Waals surface area contributed by atoms with Gasteiger partial charge in [-0.25, -0.2) is 0 Å². The predicted octanol–water partition coefficient (Wildman–Crippen LogP) is 3.55. The van der Waals surface area contributed by atoms with Crippen LogP contribution in [0.3, 0.4) is 0 Å². The molecule has 0 radical (unpaired) electrons. The maximum atomic E-state index is 10.2. The van der Waals surface area contributed by atoms with Gasteiger partial charge in [0.25, 0.3) is 0 Å². The second-order valence-corrected chi connectivity index (χ2v) is 6.09. The van der Waals surface area contributed by atoms with E-state index in [1.54, 1.807) is 18.9 Å². The summed E-state index contributed by atoms with van der Waals surface area (Å²) >= 11 is 1.67. The molecule has 0 heterocycles. The summed E-state index contributed by atoms with van der Waals surface area (Å²) in [5, 5.41) is 13.5. The van der Waals surface area contributed by atoms with E-state index in [4.69, 9.17) is 4.74 Å². The number of thioether (sulfide) groups is 1. The molecule has 0 fully saturated rings. The fourth-order valence-electron chi connectivity index (χ4n) is 2.25. The number of hydrogen-bond acceptors (Lipinski definition) is 4. The molecule has 0 spiro atoms. The van der Waals surface area contributed by atoms with Gasteiger partial charge in [0.05, 0.1) is 13.2 Å². The number of aliphatic hydroxyl groups excluding tert-OH is 1. The van der Waals surface area contributed by atoms with Gasteiger partial charge in [0.1, 0.15) is 5.75 Å². The van der Waals surface area contributed by atoms with Crippen molar-refractivity contribution >= 4 is 11.8 Å². The number of rotatable bonds is 7. The fourth-order valence-corrected chi connectivity index (χ4v) is 2.80. The van der Waals surface area contributed by atoms with Crippen molar-refractivity contribution in [1.29, 1.82) is 0 Å². The van der Waals surface area contributed by atoms with Gasteiger partial charge < -0.3 is 15.2 Å². The lowest BCUT2D eigenvalue weighted by atomic mass is 10.1. The van der Waals surface area contributed by atoms with Gasteiger partial charge in [-0.2, -0.15) is 0 Å². The zero-order chi connectivity index (χ0) is 15.9. The quantitative estimate of drug-likeness (QED) is 0.766. The van der Waals surface area contributed by atoms with E-state index in [-0.39, 0.29) is 0 Å². The highest BCUT2D eigenvalue weighted by atomic mass is 32.2. The lowest BCUT2D eigenvalue weighted by Crippen LogP contribution is -2.21. The van der Waals surface area contributed by atoms with Crippen LogP contribution >= 0.6 is 11.8 Å². The molecule has 0 aliphatic carbocycles. The summed E-state index contributed by atoms with van der Waals surface area (Å²) in [6, 6.07) is 14.2. The Labute approximate surface area is 136 Å². The van der Waals surface area contributed by atoms with Crippen molar-refractivity contribution in [3.8, 4) is 5.75 Å². The fraction of sp³-hybridized carbons (Fsp3) is 0.333. The summed E-state index contributed by atoms with van der Waals surface area (Å²) < 4.78 is 5.39. The molecule has 0 saturated heterocycles. The van der Waals surface area contributed by atoms with Crippen LogP contribution in [0.4, 0.5) is 0 Å². The molecule has 0 amide bonds. The lowest BCUT2D eigenvalue weighted by molar-refractivity contribution is 0.174. The molecule has 118 valence electrons. The molecule has 0 saturated carbocycles. The Kier molecular flexibility index (Phi) is 6.31. The van der Waals surface area contributed by atoms with Crippen LogP contribution in [0.15, 0.2) is 47.4 Å². The predicted molar refractivity (Wildman–Crippen MR) is 92.6 cm³/mol. The minimum absolute atomic E-state index is 0.493. The highest BCUT2D eigenvalue weighted by Gasteiger charge is 2.07. The van der Waals surface area contributed by atoms with Gasteiger partial charge in [0.2, 0.25) is 0 Å². The third-order valence-electron chi connectivity index (χ3n) is 3.58. The smallest absolute Gasteiger partial charge is 0.132 e. The van der Waals surface area contributed by atoms with Gasteiger partial charge in [-0.1, -0.05) is 35.9 Å². The maximum absolute atomic E-state index is 10.2. The number of methoxy groups -OCH3 is 1. The van der Waals surface area contributed by atoms with Crippen LogP contribution in [-0.2, 0) is 6.54 Å². The molecule has 2 aromatic rings. The Balaban J connectivity index is 1.89. The van der Waals surface area contributed by atoms with E-state index in [0.29, 0.717) is 13.1 Å². The van der Waals surface area contributed by atoms with Crippen LogP contribution in [0.25, 0.3) is 0 Å². The number of benzene rings is 2. The van der Waals surface area contributed by atoms with E-state index in [1.807, 2.05) is 43.5 Å². The third-order valence-corrected chi connectivity index (χ3v) is 4.35. The minimum atomic E-state index is -0.493. The molecule has 2 rings (SSSR count). The molecule has 1 unspecified atom stereocenters. The SMILES string of the molecule is COc1cc(CNCC(O)c2ccc(C)cc2)ccc1SC. The van der Waals surface area contributed by atoms with Crippen LogP contribution in [0.2, 0.25) is 0 Å². The van der Waals surface area contributed by atoms with Gasteiger partial charge in [-0.3, -0.25) is 0 Å². The third kappa shape index (κ3) is 4.50. The molecular formula is C18H23NO2S. The van der Waals surface area contributed by atoms with E-state index in [9.17, 15) is 5.11 Å². The first kappa shape index (κ1) is 16.9. The van der Waals surface area contributed by atoms with E-state index >= 15 is 0 Å². The molecule has 2 aromatic carbocycles. The van der Waals surface area contributed by atoms with Gasteiger partial charge in [-0.15, -0.1) is 11.8 Å². The first-order valence-electron chi connectivity index (χ1n) is 7.30. The van der Waals surface area contributed by atoms with E-state index in [0.717, 1.165) is 21.8 Å². The molecule has 0 aliphatic heterocycles. The highest BCUT2D eigenvalue weighted by Crippen LogP contribution is 2.28. The van der Waals surface area contributed by atoms with Crippen molar-refractivity contribution in [2.24, 2.45) is 0 Å². The Morgan fingerprint density at radius 3 is 2.55 bits per heavy atom. The molecule has 0 aromatic heterocycles. The topological polar surface area (TPSA) is 41.5 Å². The van der Waals surface area contributed by atoms with Gasteiger partial charge in [0, 0.05) is 18.0 Å². The number of nitrogens with one attached hydrogen (secondary N) is 1. The second-order valence-electron chi connectivity index (χ2n) is 5.25. The largest absolute Gasteiger partial charge is 0.496 e. The van der Waals surface area contributed by atoms with Gasteiger partial charge >= 0.3 is 0 Å². The van der Waals surface area contributed by atoms with Crippen molar-refractivity contribution in [1.82, 2.24) is 5.32 Å². The monoisotopic (exact) mass is 317 g/mol. The maximum Gasteiger partial charge on any atom is 0.132 e. The van der Waals surface area contributed by atoms with Crippen LogP contribution in [0.5, 0.6) is 5.75 Å². The standard InChI is InChI=1S/C18H23NO2S/c1-13-4-7-15(8-5-13)16(20)12-19-11-14-6-9-18(22-3)17(10-14)21-2/h4-10,16,19-20H,11-12H2,1-3H3. The van der Waals surface area contributed by atoms with Crippen molar-refractivity contribution in [2.75, 3.05) is 19.9 Å². The zero-order valence-corrected chi connectivity index (χ0v) is 14.1. The molecule has 3 nitrogen and oxygen atoms in total. The zero-order valence-electron chi connectivity index (χ0n) is 13.3. The van der Waals surface area contributed by atoms with Crippen molar-refractivity contribution < 1.29 is 9.84 Å². The van der Waals surface area contributed by atoms with Gasteiger partial charge in [-0.05, 0) is 36.4 Å². The number of ether oxygens (including phenoxy) is 1. The minimum Gasteiger partial charge on any atom is -0.496 e. The van der Waals surface area contributed by atoms with Crippen LogP contribution in [0.1, 0.15) is 22.8 Å². The Morgan fingerprint density at radius 1 is 1.18 bits per heavy atom. The summed E-state index contributed by atoms with van der Waals surface area (Å²) in [6.45, 7) is 3.27. The first-order valence-corrected chi connectivity index (χ1v) is 8.52. The summed E-state index contributed by atoms with van der Waals surface area (Å²) in [6.07, 6.45) is 1.54. The molecule has 2 N–H and O–H groups in total. The average Bonchev–Trinajstić information content (AvgIpc) is 2.55. The molecule has 1 atom stereocenters. The summed E-state index contributed by atoms with van der Waals surface area (Å²) in [5.74, 6) is 0.894. The molecule has 4 heteroatoms. The number of hydrogen-bond donors (Lipinski definition) is 2. The second kappa shape index (κ2) is 8.22. The molecule has 22 heavy (non-hydrogen) atoms. The van der Waals surface area contributed by atoms with Gasteiger partial charge in [0.15, 0.2) is 0 Å². The average molecular weight is 317 g/mol. The summed E-state index contributed by atoms with van der Waals surface area (Å²) in [7, 11) is 1.69. The van der Waals surface area contributed by atoms with E-state index < -0.39 is 6.10 Å². The normalized spacial score (nSPS) is 12.2. The van der Waals surface area contributed by atoms with Crippen molar-refractivity contribution in [3.05, 3.63) is 59.2 Å². The van der Waals surface area contributed by atoms with Crippen LogP contribution in [0, 0.1) is 6.92 Å². The van der Waals surface area contributed by atoms with Crippen LogP contribution in [-0.4, -0.2) is 25.0 Å². The molecule has 0 bridgehead atoms. The van der Waals surface area contributed by atoms with E-state index in [1.165, 1.54) is 5.56 Å². The Bertz CT molecular complexity index is 599. The Morgan fingerprint density at radius 2 is 1.91 bits per heavy atom. The highest BCUT2D eigenvalue weighted by molar-refractivity contribution is 7.98. The van der Waals surface area contributed by atoms with E-state index in [2.05, 4.69) is 17.4 Å². The van der Waals surface area contributed by atoms with Crippen molar-refractivity contribution in [3.63, 3.8) is 0 Å². The van der Waals surface area contributed by atoms with Crippen molar-refractivity contribution in [2.45, 2.75) is 24.5 Å². The number of aliphatic hydroxyl groups is 1. The van der Waals surface area contributed by atoms with Crippen LogP contribution < -0.4 is 10.1 Å². The summed E-state index contributed by atoms with van der Waals surface area (Å²) in [5.41, 5.74) is 3.28. The Hall–Kier alpha value is -1.49. The first-order chi connectivity index (χ1) is 10.6. The molecular weight excluding hydrogens is 294 g/mol.